The molecular weight excluding hydrogens is 249 g/mol. The molecule has 2 nitrogen and oxygen atoms in total. The minimum atomic E-state index is -1.21. The van der Waals surface area contributed by atoms with Crippen molar-refractivity contribution in [2.75, 3.05) is 5.73 Å². The zero-order valence-corrected chi connectivity index (χ0v) is 10.8. The fraction of sp³-hybridized carbons (Fsp3) is 0.143. The van der Waals surface area contributed by atoms with Crippen molar-refractivity contribution in [1.82, 2.24) is 0 Å². The lowest BCUT2D eigenvalue weighted by Gasteiger charge is -2.06. The van der Waals surface area contributed by atoms with Crippen LogP contribution in [0.25, 0.3) is 0 Å². The van der Waals surface area contributed by atoms with Crippen LogP contribution in [0.1, 0.15) is 11.1 Å². The molecule has 18 heavy (non-hydrogen) atoms. The fourth-order valence-electron chi connectivity index (χ4n) is 1.68. The van der Waals surface area contributed by atoms with E-state index in [1.807, 2.05) is 25.1 Å². The monoisotopic (exact) mass is 263 g/mol. The Morgan fingerprint density at radius 2 is 2.00 bits per heavy atom. The van der Waals surface area contributed by atoms with Crippen molar-refractivity contribution in [1.29, 1.82) is 0 Å². The summed E-state index contributed by atoms with van der Waals surface area (Å²) in [5.41, 5.74) is 7.84. The summed E-state index contributed by atoms with van der Waals surface area (Å²) >= 11 is 0. The highest BCUT2D eigenvalue weighted by molar-refractivity contribution is 7.84. The second-order valence-electron chi connectivity index (χ2n) is 4.15. The lowest BCUT2D eigenvalue weighted by molar-refractivity contribution is 0.626. The van der Waals surface area contributed by atoms with Gasteiger partial charge in [0.15, 0.2) is 0 Å². The predicted octanol–water partition coefficient (Wildman–Crippen LogP) is 3.02. The molecule has 94 valence electrons. The van der Waals surface area contributed by atoms with Gasteiger partial charge in [-0.2, -0.15) is 0 Å². The molecule has 0 spiro atoms. The van der Waals surface area contributed by atoms with Gasteiger partial charge >= 0.3 is 0 Å². The van der Waals surface area contributed by atoms with E-state index in [9.17, 15) is 8.60 Å². The molecule has 0 fully saturated rings. The van der Waals surface area contributed by atoms with Gasteiger partial charge < -0.3 is 5.73 Å². The first-order valence-electron chi connectivity index (χ1n) is 5.55. The van der Waals surface area contributed by atoms with E-state index in [0.29, 0.717) is 11.3 Å². The van der Waals surface area contributed by atoms with Crippen LogP contribution >= 0.6 is 0 Å². The summed E-state index contributed by atoms with van der Waals surface area (Å²) < 4.78 is 25.3. The first-order valence-corrected chi connectivity index (χ1v) is 6.87. The topological polar surface area (TPSA) is 43.1 Å². The number of rotatable bonds is 3. The summed E-state index contributed by atoms with van der Waals surface area (Å²) in [5, 5.41) is 0. The second kappa shape index (κ2) is 5.31. The molecule has 0 heterocycles. The summed E-state index contributed by atoms with van der Waals surface area (Å²) in [6.45, 7) is 1.94. The Balaban J connectivity index is 2.24. The molecule has 0 bridgehead atoms. The number of halogens is 1. The Bertz CT molecular complexity index is 598. The molecule has 2 aromatic carbocycles. The van der Waals surface area contributed by atoms with Gasteiger partial charge in [-0.25, -0.2) is 4.39 Å². The molecule has 0 radical (unpaired) electrons. The normalized spacial score (nSPS) is 12.3. The smallest absolute Gasteiger partial charge is 0.123 e. The Kier molecular flexibility index (Phi) is 3.77. The van der Waals surface area contributed by atoms with Crippen molar-refractivity contribution in [3.63, 3.8) is 0 Å². The van der Waals surface area contributed by atoms with Gasteiger partial charge in [-0.3, -0.25) is 4.21 Å². The molecule has 0 aromatic heterocycles. The Morgan fingerprint density at radius 3 is 2.72 bits per heavy atom. The number of hydrogen-bond acceptors (Lipinski definition) is 2. The van der Waals surface area contributed by atoms with Gasteiger partial charge in [0.05, 0.1) is 16.6 Å². The third kappa shape index (κ3) is 2.96. The van der Waals surface area contributed by atoms with E-state index in [4.69, 9.17) is 5.73 Å². The molecular formula is C14H14FNOS. The molecule has 0 aliphatic heterocycles. The van der Waals surface area contributed by atoms with Crippen LogP contribution in [-0.4, -0.2) is 4.21 Å². The summed E-state index contributed by atoms with van der Waals surface area (Å²) in [5.74, 6) is -0.131. The molecule has 4 heteroatoms. The van der Waals surface area contributed by atoms with Crippen LogP contribution in [0, 0.1) is 12.7 Å². The number of nitrogen functional groups attached to an aromatic ring is 1. The molecule has 0 aliphatic rings. The average Bonchev–Trinajstić information content (AvgIpc) is 2.34. The molecule has 0 aliphatic carbocycles. The van der Waals surface area contributed by atoms with Crippen LogP contribution in [0.5, 0.6) is 0 Å². The van der Waals surface area contributed by atoms with Crippen LogP contribution in [0.15, 0.2) is 47.4 Å². The summed E-state index contributed by atoms with van der Waals surface area (Å²) in [6, 6.07) is 11.6. The zero-order chi connectivity index (χ0) is 13.1. The van der Waals surface area contributed by atoms with Crippen molar-refractivity contribution in [2.24, 2.45) is 0 Å². The van der Waals surface area contributed by atoms with Gasteiger partial charge in [0.1, 0.15) is 5.82 Å². The molecule has 0 saturated heterocycles. The van der Waals surface area contributed by atoms with E-state index in [-0.39, 0.29) is 11.6 Å². The molecule has 2 rings (SSSR count). The van der Waals surface area contributed by atoms with Crippen molar-refractivity contribution in [3.8, 4) is 0 Å². The highest BCUT2D eigenvalue weighted by Crippen LogP contribution is 2.19. The van der Waals surface area contributed by atoms with Gasteiger partial charge in [0.25, 0.3) is 0 Å². The van der Waals surface area contributed by atoms with Crippen molar-refractivity contribution in [3.05, 3.63) is 59.4 Å². The highest BCUT2D eigenvalue weighted by Gasteiger charge is 2.08. The van der Waals surface area contributed by atoms with Crippen LogP contribution < -0.4 is 5.73 Å². The van der Waals surface area contributed by atoms with Gasteiger partial charge in [-0.15, -0.1) is 0 Å². The van der Waals surface area contributed by atoms with E-state index < -0.39 is 10.8 Å². The van der Waals surface area contributed by atoms with Gasteiger partial charge in [-0.05, 0) is 48.4 Å². The maximum absolute atomic E-state index is 13.1. The highest BCUT2D eigenvalue weighted by atomic mass is 32.2. The Hall–Kier alpha value is -1.68. The van der Waals surface area contributed by atoms with Gasteiger partial charge in [-0.1, -0.05) is 12.1 Å². The molecule has 2 N–H and O–H groups in total. The molecule has 1 atom stereocenters. The third-order valence-electron chi connectivity index (χ3n) is 2.64. The van der Waals surface area contributed by atoms with Crippen molar-refractivity contribution >= 4 is 16.5 Å². The number of nitrogens with two attached hydrogens (primary N) is 1. The summed E-state index contributed by atoms with van der Waals surface area (Å²) in [4.78, 5) is 0.735. The maximum Gasteiger partial charge on any atom is 0.123 e. The minimum absolute atomic E-state index is 0.229. The van der Waals surface area contributed by atoms with E-state index in [2.05, 4.69) is 0 Å². The van der Waals surface area contributed by atoms with Crippen molar-refractivity contribution in [2.45, 2.75) is 17.6 Å². The number of benzene rings is 2. The number of hydrogen-bond donors (Lipinski definition) is 1. The molecule has 2 aromatic rings. The average molecular weight is 263 g/mol. The Labute approximate surface area is 108 Å². The van der Waals surface area contributed by atoms with E-state index in [1.165, 1.54) is 18.2 Å². The van der Waals surface area contributed by atoms with Crippen LogP contribution in [-0.2, 0) is 16.6 Å². The Morgan fingerprint density at radius 1 is 1.22 bits per heavy atom. The van der Waals surface area contributed by atoms with E-state index in [1.54, 1.807) is 6.07 Å². The zero-order valence-electron chi connectivity index (χ0n) is 10.0. The summed E-state index contributed by atoms with van der Waals surface area (Å²) in [7, 11) is -1.21. The third-order valence-corrected chi connectivity index (χ3v) is 4.00. The standard InChI is InChI=1S/C14H14FNOS/c1-10-3-2-4-13(7-10)18(17)9-11-8-12(15)5-6-14(11)16/h2-8H,9,16H2,1H3. The second-order valence-corrected chi connectivity index (χ2v) is 5.60. The maximum atomic E-state index is 13.1. The van der Waals surface area contributed by atoms with Crippen LogP contribution in [0.3, 0.4) is 0 Å². The van der Waals surface area contributed by atoms with Crippen LogP contribution in [0.4, 0.5) is 10.1 Å². The van der Waals surface area contributed by atoms with Gasteiger partial charge in [0.2, 0.25) is 0 Å². The molecule has 0 amide bonds. The fourth-order valence-corrected chi connectivity index (χ4v) is 2.93. The van der Waals surface area contributed by atoms with Gasteiger partial charge in [0, 0.05) is 10.6 Å². The SMILES string of the molecule is Cc1cccc(S(=O)Cc2cc(F)ccc2N)c1. The molecule has 0 saturated carbocycles. The lowest BCUT2D eigenvalue weighted by atomic mass is 10.2. The summed E-state index contributed by atoms with van der Waals surface area (Å²) in [6.07, 6.45) is 0. The number of anilines is 1. The molecule has 1 unspecified atom stereocenters. The first kappa shape index (κ1) is 12.8. The number of aryl methyl sites for hydroxylation is 1. The quantitative estimate of drug-likeness (QED) is 0.865. The lowest BCUT2D eigenvalue weighted by Crippen LogP contribution is -2.01. The minimum Gasteiger partial charge on any atom is -0.398 e. The van der Waals surface area contributed by atoms with E-state index in [0.717, 1.165) is 10.5 Å². The predicted molar refractivity (Wildman–Crippen MR) is 72.1 cm³/mol. The first-order chi connectivity index (χ1) is 8.56. The van der Waals surface area contributed by atoms with Crippen molar-refractivity contribution < 1.29 is 8.60 Å². The largest absolute Gasteiger partial charge is 0.398 e. The van der Waals surface area contributed by atoms with E-state index >= 15 is 0 Å². The van der Waals surface area contributed by atoms with Crippen LogP contribution in [0.2, 0.25) is 0 Å².